The summed E-state index contributed by atoms with van der Waals surface area (Å²) in [5.74, 6) is 0.853. The molecule has 1 heteroatoms. The number of fused-ring (bicyclic) bond motifs is 1. The fourth-order valence-corrected chi connectivity index (χ4v) is 2.00. The average Bonchev–Trinajstić information content (AvgIpc) is 3.15. The molecule has 1 fully saturated rings. The van der Waals surface area contributed by atoms with Gasteiger partial charge in [0.05, 0.1) is 0 Å². The standard InChI is InChI=1S/C13H12.CH5N/c1-2-6-12-10(4-1)5-3-7-13(12)11-8-9-11;1-2/h1-7,11H,8-9H2;2H2,1H3. The molecule has 1 aliphatic carbocycles. The Hall–Kier alpha value is -1.34. The smallest absolute Gasteiger partial charge is 0.0149 e. The van der Waals surface area contributed by atoms with Gasteiger partial charge in [-0.2, -0.15) is 0 Å². The first-order chi connectivity index (χ1) is 7.45. The molecule has 78 valence electrons. The lowest BCUT2D eigenvalue weighted by atomic mass is 10.0. The third-order valence-corrected chi connectivity index (χ3v) is 2.84. The van der Waals surface area contributed by atoms with Crippen LogP contribution in [0.15, 0.2) is 42.5 Å². The summed E-state index contributed by atoms with van der Waals surface area (Å²) in [4.78, 5) is 0. The zero-order valence-corrected chi connectivity index (χ0v) is 9.11. The highest BCUT2D eigenvalue weighted by molar-refractivity contribution is 5.86. The summed E-state index contributed by atoms with van der Waals surface area (Å²) in [6.45, 7) is 0. The first-order valence-electron chi connectivity index (χ1n) is 5.50. The molecule has 0 aromatic heterocycles. The molecule has 1 aliphatic rings. The van der Waals surface area contributed by atoms with Crippen LogP contribution in [0.5, 0.6) is 0 Å². The van der Waals surface area contributed by atoms with E-state index in [1.54, 1.807) is 5.56 Å². The van der Waals surface area contributed by atoms with E-state index in [0.717, 1.165) is 5.92 Å². The summed E-state index contributed by atoms with van der Waals surface area (Å²) < 4.78 is 0. The molecule has 0 amide bonds. The molecule has 0 spiro atoms. The second-order valence-electron chi connectivity index (χ2n) is 3.84. The molecule has 0 heterocycles. The molecule has 2 aromatic carbocycles. The van der Waals surface area contributed by atoms with Crippen molar-refractivity contribution in [1.82, 2.24) is 0 Å². The van der Waals surface area contributed by atoms with Crippen molar-refractivity contribution in [3.05, 3.63) is 48.0 Å². The highest BCUT2D eigenvalue weighted by atomic mass is 14.4. The van der Waals surface area contributed by atoms with Crippen molar-refractivity contribution in [3.63, 3.8) is 0 Å². The number of benzene rings is 2. The van der Waals surface area contributed by atoms with Gasteiger partial charge in [-0.3, -0.25) is 0 Å². The molecule has 2 aromatic rings. The molecule has 1 nitrogen and oxygen atoms in total. The van der Waals surface area contributed by atoms with Gasteiger partial charge < -0.3 is 5.73 Å². The van der Waals surface area contributed by atoms with E-state index in [9.17, 15) is 0 Å². The predicted molar refractivity (Wildman–Crippen MR) is 66.0 cm³/mol. The van der Waals surface area contributed by atoms with Crippen molar-refractivity contribution in [1.29, 1.82) is 0 Å². The van der Waals surface area contributed by atoms with Crippen LogP contribution in [0, 0.1) is 0 Å². The van der Waals surface area contributed by atoms with Gasteiger partial charge in [0, 0.05) is 0 Å². The summed E-state index contributed by atoms with van der Waals surface area (Å²) >= 11 is 0. The summed E-state index contributed by atoms with van der Waals surface area (Å²) in [5, 5.41) is 2.83. The summed E-state index contributed by atoms with van der Waals surface area (Å²) in [7, 11) is 1.50. The van der Waals surface area contributed by atoms with E-state index in [-0.39, 0.29) is 0 Å². The zero-order valence-electron chi connectivity index (χ0n) is 9.11. The molecule has 0 bridgehead atoms. The van der Waals surface area contributed by atoms with Crippen LogP contribution in [-0.4, -0.2) is 7.05 Å². The van der Waals surface area contributed by atoms with Crippen molar-refractivity contribution in [2.24, 2.45) is 5.73 Å². The van der Waals surface area contributed by atoms with Crippen molar-refractivity contribution < 1.29 is 0 Å². The van der Waals surface area contributed by atoms with Crippen LogP contribution in [0.3, 0.4) is 0 Å². The monoisotopic (exact) mass is 199 g/mol. The quantitative estimate of drug-likeness (QED) is 0.749. The van der Waals surface area contributed by atoms with Crippen LogP contribution < -0.4 is 5.73 Å². The molecule has 15 heavy (non-hydrogen) atoms. The topological polar surface area (TPSA) is 26.0 Å². The van der Waals surface area contributed by atoms with Crippen molar-refractivity contribution >= 4 is 10.8 Å². The Balaban J connectivity index is 0.000000404. The SMILES string of the molecule is CN.c1ccc2c(C3CC3)cccc2c1. The minimum atomic E-state index is 0.853. The van der Waals surface area contributed by atoms with E-state index in [4.69, 9.17) is 0 Å². The third kappa shape index (κ3) is 2.02. The normalized spacial score (nSPS) is 14.5. The van der Waals surface area contributed by atoms with Crippen LogP contribution in [0.4, 0.5) is 0 Å². The predicted octanol–water partition coefficient (Wildman–Crippen LogP) is 3.29. The molecule has 0 saturated heterocycles. The lowest BCUT2D eigenvalue weighted by Gasteiger charge is -2.03. The fourth-order valence-electron chi connectivity index (χ4n) is 2.00. The van der Waals surface area contributed by atoms with E-state index in [2.05, 4.69) is 48.2 Å². The molecule has 0 atom stereocenters. The van der Waals surface area contributed by atoms with Crippen LogP contribution in [0.2, 0.25) is 0 Å². The van der Waals surface area contributed by atoms with Gasteiger partial charge in [-0.15, -0.1) is 0 Å². The zero-order chi connectivity index (χ0) is 10.7. The summed E-state index contributed by atoms with van der Waals surface area (Å²) in [6, 6.07) is 15.3. The minimum Gasteiger partial charge on any atom is -0.333 e. The Bertz CT molecular complexity index is 439. The van der Waals surface area contributed by atoms with Crippen molar-refractivity contribution in [2.45, 2.75) is 18.8 Å². The Morgan fingerprint density at radius 2 is 1.60 bits per heavy atom. The van der Waals surface area contributed by atoms with E-state index in [0.29, 0.717) is 0 Å². The molecule has 0 radical (unpaired) electrons. The lowest BCUT2D eigenvalue weighted by Crippen LogP contribution is -1.81. The maximum Gasteiger partial charge on any atom is -0.0149 e. The van der Waals surface area contributed by atoms with Gasteiger partial charge in [0.1, 0.15) is 0 Å². The lowest BCUT2D eigenvalue weighted by molar-refractivity contribution is 1.15. The fraction of sp³-hybridized carbons (Fsp3) is 0.286. The van der Waals surface area contributed by atoms with Crippen LogP contribution >= 0.6 is 0 Å². The Kier molecular flexibility index (Phi) is 3.02. The van der Waals surface area contributed by atoms with Gasteiger partial charge in [0.25, 0.3) is 0 Å². The highest BCUT2D eigenvalue weighted by Gasteiger charge is 2.24. The Morgan fingerprint density at radius 1 is 0.933 bits per heavy atom. The second kappa shape index (κ2) is 4.45. The summed E-state index contributed by atoms with van der Waals surface area (Å²) in [5.41, 5.74) is 6.05. The Morgan fingerprint density at radius 3 is 2.33 bits per heavy atom. The maximum absolute atomic E-state index is 4.50. The first-order valence-corrected chi connectivity index (χ1v) is 5.50. The number of hydrogen-bond acceptors (Lipinski definition) is 1. The number of nitrogens with two attached hydrogens (primary N) is 1. The van der Waals surface area contributed by atoms with Gasteiger partial charge in [0.15, 0.2) is 0 Å². The third-order valence-electron chi connectivity index (χ3n) is 2.84. The summed E-state index contributed by atoms with van der Waals surface area (Å²) in [6.07, 6.45) is 2.77. The van der Waals surface area contributed by atoms with Gasteiger partial charge >= 0.3 is 0 Å². The maximum atomic E-state index is 4.50. The molecule has 0 unspecified atom stereocenters. The van der Waals surface area contributed by atoms with E-state index in [1.807, 2.05) is 0 Å². The average molecular weight is 199 g/mol. The van der Waals surface area contributed by atoms with Gasteiger partial charge in [-0.05, 0) is 42.1 Å². The number of hydrogen-bond donors (Lipinski definition) is 1. The van der Waals surface area contributed by atoms with E-state index >= 15 is 0 Å². The molecular weight excluding hydrogens is 182 g/mol. The van der Waals surface area contributed by atoms with Crippen LogP contribution in [-0.2, 0) is 0 Å². The number of rotatable bonds is 1. The van der Waals surface area contributed by atoms with Crippen molar-refractivity contribution in [3.8, 4) is 0 Å². The minimum absolute atomic E-state index is 0.853. The van der Waals surface area contributed by atoms with Crippen LogP contribution in [0.25, 0.3) is 10.8 Å². The Labute approximate surface area is 90.9 Å². The van der Waals surface area contributed by atoms with Crippen LogP contribution in [0.1, 0.15) is 24.3 Å². The van der Waals surface area contributed by atoms with Gasteiger partial charge in [-0.1, -0.05) is 42.5 Å². The van der Waals surface area contributed by atoms with Gasteiger partial charge in [0.2, 0.25) is 0 Å². The molecule has 0 aliphatic heterocycles. The second-order valence-corrected chi connectivity index (χ2v) is 3.84. The molecule has 3 rings (SSSR count). The highest BCUT2D eigenvalue weighted by Crippen LogP contribution is 2.42. The first kappa shape index (κ1) is 10.2. The molecule has 1 saturated carbocycles. The molecular formula is C14H17N. The van der Waals surface area contributed by atoms with E-state index < -0.39 is 0 Å². The van der Waals surface area contributed by atoms with E-state index in [1.165, 1.54) is 30.7 Å². The largest absolute Gasteiger partial charge is 0.333 e. The van der Waals surface area contributed by atoms with Gasteiger partial charge in [-0.25, -0.2) is 0 Å². The van der Waals surface area contributed by atoms with Crippen molar-refractivity contribution in [2.75, 3.05) is 7.05 Å². The molecule has 2 N–H and O–H groups in total.